The molecule has 0 spiro atoms. The summed E-state index contributed by atoms with van der Waals surface area (Å²) in [6.07, 6.45) is 3.62. The summed E-state index contributed by atoms with van der Waals surface area (Å²) in [4.78, 5) is 112. The third-order valence-electron chi connectivity index (χ3n) is 13.3. The Labute approximate surface area is 397 Å². The van der Waals surface area contributed by atoms with Gasteiger partial charge in [0.2, 0.25) is 29.5 Å². The van der Waals surface area contributed by atoms with Gasteiger partial charge in [-0.3, -0.25) is 38.5 Å². The van der Waals surface area contributed by atoms with Crippen LogP contribution in [0.25, 0.3) is 0 Å². The summed E-state index contributed by atoms with van der Waals surface area (Å²) in [5, 5.41) is 15.6. The molecule has 2 aliphatic rings. The van der Waals surface area contributed by atoms with E-state index in [1.165, 1.54) is 36.2 Å². The summed E-state index contributed by atoms with van der Waals surface area (Å²) in [6.45, 7) is 17.5. The Morgan fingerprint density at radius 1 is 0.851 bits per heavy atom. The number of amides is 7. The number of nitrogens with one attached hydrogen (secondary N) is 2. The predicted molar refractivity (Wildman–Crippen MR) is 253 cm³/mol. The van der Waals surface area contributed by atoms with Gasteiger partial charge in [-0.2, -0.15) is 0 Å². The maximum absolute atomic E-state index is 14.6. The van der Waals surface area contributed by atoms with Crippen molar-refractivity contribution in [2.75, 3.05) is 41.4 Å². The molecule has 0 aromatic heterocycles. The lowest BCUT2D eigenvalue weighted by Gasteiger charge is -2.41. The minimum atomic E-state index is -1.18. The number of imide groups is 1. The van der Waals surface area contributed by atoms with Crippen LogP contribution in [0.5, 0.6) is 0 Å². The van der Waals surface area contributed by atoms with E-state index in [9.17, 15) is 43.5 Å². The van der Waals surface area contributed by atoms with Crippen molar-refractivity contribution in [2.45, 2.75) is 142 Å². The highest BCUT2D eigenvalue weighted by Gasteiger charge is 2.44. The smallest absolute Gasteiger partial charge is 0.326 e. The van der Waals surface area contributed by atoms with E-state index in [1.807, 2.05) is 47.6 Å². The van der Waals surface area contributed by atoms with Crippen molar-refractivity contribution < 1.29 is 52.9 Å². The van der Waals surface area contributed by atoms with Crippen molar-refractivity contribution in [3.63, 3.8) is 0 Å². The first-order chi connectivity index (χ1) is 31.6. The van der Waals surface area contributed by atoms with Gasteiger partial charge in [-0.25, -0.2) is 4.79 Å². The molecule has 9 atom stereocenters. The van der Waals surface area contributed by atoms with Crippen LogP contribution in [0.3, 0.4) is 0 Å². The zero-order valence-electron chi connectivity index (χ0n) is 41.5. The summed E-state index contributed by atoms with van der Waals surface area (Å²) in [5.41, 5.74) is 1.51. The number of carboxylic acid groups (broad SMARTS) is 1. The molecule has 17 nitrogen and oxygen atoms in total. The summed E-state index contributed by atoms with van der Waals surface area (Å²) in [6, 6.07) is 4.73. The van der Waals surface area contributed by atoms with E-state index in [0.717, 1.165) is 11.1 Å². The molecule has 3 rings (SSSR count). The summed E-state index contributed by atoms with van der Waals surface area (Å²) in [5.74, 6) is -5.49. The van der Waals surface area contributed by atoms with E-state index in [-0.39, 0.29) is 79.6 Å². The average Bonchev–Trinajstić information content (AvgIpc) is 3.83. The van der Waals surface area contributed by atoms with Gasteiger partial charge < -0.3 is 39.9 Å². The topological polar surface area (TPSA) is 212 Å². The van der Waals surface area contributed by atoms with Crippen molar-refractivity contribution in [1.29, 1.82) is 0 Å². The summed E-state index contributed by atoms with van der Waals surface area (Å²) < 4.78 is 11.9. The number of likely N-dealkylation sites (tertiary alicyclic amines) is 1. The van der Waals surface area contributed by atoms with Gasteiger partial charge in [0.05, 0.1) is 36.6 Å². The number of unbranched alkanes of at least 4 members (excludes halogenated alkanes) is 2. The molecule has 372 valence electrons. The van der Waals surface area contributed by atoms with Gasteiger partial charge in [0.1, 0.15) is 18.1 Å². The Kier molecular flexibility index (Phi) is 21.9. The van der Waals surface area contributed by atoms with Crippen molar-refractivity contribution >= 4 is 47.3 Å². The molecule has 1 fully saturated rings. The molecule has 2 aliphatic heterocycles. The van der Waals surface area contributed by atoms with Crippen molar-refractivity contribution in [3.8, 4) is 0 Å². The third-order valence-corrected chi connectivity index (χ3v) is 13.3. The fourth-order valence-corrected chi connectivity index (χ4v) is 9.21. The minimum Gasteiger partial charge on any atom is -0.480 e. The molecule has 2 heterocycles. The SMILES string of the molecule is C=C1CC([C@H](OC)[C@@H](C)C(=O)NC(Cc2ccccc2)C(=O)O)N(C(=O)C[C@@H](OC)[C@H]([C@@H](C)CC)N(C)C(=O)C(NC(=O)C(C(C)C)N(C)C(=O)CCCCCN2C(=O)C=CC2=O)C(C)C)C1. The number of likely N-dealkylation sites (N-methyl/N-ethyl adjacent to an activating group) is 2. The maximum Gasteiger partial charge on any atom is 0.326 e. The highest BCUT2D eigenvalue weighted by molar-refractivity contribution is 6.12. The summed E-state index contributed by atoms with van der Waals surface area (Å²) in [7, 11) is 6.15. The molecule has 1 aromatic rings. The Morgan fingerprint density at radius 2 is 1.48 bits per heavy atom. The minimum absolute atomic E-state index is 0.0856. The Hall–Kier alpha value is -5.42. The van der Waals surface area contributed by atoms with Crippen LogP contribution in [0.1, 0.15) is 99.0 Å². The molecule has 1 aromatic carbocycles. The fourth-order valence-electron chi connectivity index (χ4n) is 9.21. The van der Waals surface area contributed by atoms with E-state index < -0.39 is 66.1 Å². The lowest BCUT2D eigenvalue weighted by Crippen LogP contribution is -2.60. The standard InChI is InChI=1S/C50H76N6O11/c1-13-33(7)45(54(10)49(63)43(30(2)3)52-48(62)44(31(4)5)53(9)39(57)22-18-15-19-25-55-40(58)23-24-41(55)59)38(66-11)28-42(60)56-29-32(6)26-37(56)46(67-12)34(8)47(61)51-36(50(64)65)27-35-20-16-14-17-21-35/h14,16-17,20-21,23-24,30-31,33-34,36-38,43-46H,6,13,15,18-19,22,25-29H2,1-5,7-12H3,(H,51,61)(H,52,62)(H,64,65)/t33-,34+,36?,37?,38+,43?,44?,45-,46+/m0/s1. The van der Waals surface area contributed by atoms with Crippen LogP contribution in [0.15, 0.2) is 54.6 Å². The molecule has 0 saturated carbocycles. The molecule has 4 unspecified atom stereocenters. The number of ether oxygens (including phenoxy) is 2. The number of aliphatic carboxylic acids is 1. The number of hydrogen-bond donors (Lipinski definition) is 3. The number of rotatable bonds is 27. The largest absolute Gasteiger partial charge is 0.480 e. The van der Waals surface area contributed by atoms with Crippen LogP contribution in [0, 0.1) is 23.7 Å². The Bertz CT molecular complexity index is 1920. The molecule has 1 saturated heterocycles. The van der Waals surface area contributed by atoms with E-state index in [0.29, 0.717) is 32.1 Å². The van der Waals surface area contributed by atoms with E-state index in [2.05, 4.69) is 17.2 Å². The normalized spacial score (nSPS) is 18.6. The quantitative estimate of drug-likeness (QED) is 0.0652. The number of carbonyl (C=O) groups is 8. The molecule has 7 amide bonds. The molecule has 0 bridgehead atoms. The first-order valence-electron chi connectivity index (χ1n) is 23.5. The van der Waals surface area contributed by atoms with Gasteiger partial charge in [0.15, 0.2) is 0 Å². The number of methoxy groups -OCH3 is 2. The number of carbonyl (C=O) groups excluding carboxylic acids is 7. The lowest BCUT2D eigenvalue weighted by atomic mass is 9.89. The number of benzene rings is 1. The van der Waals surface area contributed by atoms with Gasteiger partial charge in [-0.1, -0.05) is 104 Å². The molecular formula is C50H76N6O11. The van der Waals surface area contributed by atoms with Crippen LogP contribution in [-0.4, -0.2) is 156 Å². The third kappa shape index (κ3) is 15.0. The molecule has 17 heteroatoms. The highest BCUT2D eigenvalue weighted by atomic mass is 16.5. The maximum atomic E-state index is 14.6. The van der Waals surface area contributed by atoms with Crippen molar-refractivity contribution in [2.24, 2.45) is 23.7 Å². The zero-order valence-corrected chi connectivity index (χ0v) is 41.5. The molecule has 0 aliphatic carbocycles. The first kappa shape index (κ1) is 55.9. The first-order valence-corrected chi connectivity index (χ1v) is 23.5. The predicted octanol–water partition coefficient (Wildman–Crippen LogP) is 3.99. The van der Waals surface area contributed by atoms with Gasteiger partial charge in [-0.05, 0) is 42.6 Å². The zero-order chi connectivity index (χ0) is 50.3. The van der Waals surface area contributed by atoms with E-state index in [4.69, 9.17) is 9.47 Å². The second kappa shape index (κ2) is 26.2. The monoisotopic (exact) mass is 937 g/mol. The second-order valence-corrected chi connectivity index (χ2v) is 18.8. The van der Waals surface area contributed by atoms with Crippen LogP contribution < -0.4 is 10.6 Å². The van der Waals surface area contributed by atoms with Crippen molar-refractivity contribution in [3.05, 3.63) is 60.2 Å². The van der Waals surface area contributed by atoms with E-state index >= 15 is 0 Å². The number of carboxylic acids is 1. The van der Waals surface area contributed by atoms with Crippen LogP contribution >= 0.6 is 0 Å². The van der Waals surface area contributed by atoms with Gasteiger partial charge in [0, 0.05) is 66.4 Å². The Balaban J connectivity index is 1.74. The van der Waals surface area contributed by atoms with Crippen LogP contribution in [-0.2, 0) is 54.3 Å². The van der Waals surface area contributed by atoms with Crippen LogP contribution in [0.4, 0.5) is 0 Å². The van der Waals surface area contributed by atoms with Crippen molar-refractivity contribution in [1.82, 2.24) is 30.2 Å². The van der Waals surface area contributed by atoms with E-state index in [1.54, 1.807) is 55.1 Å². The molecule has 67 heavy (non-hydrogen) atoms. The van der Waals surface area contributed by atoms with Crippen LogP contribution in [0.2, 0.25) is 0 Å². The Morgan fingerprint density at radius 3 is 2.01 bits per heavy atom. The van der Waals surface area contributed by atoms with Gasteiger partial charge in [-0.15, -0.1) is 0 Å². The average molecular weight is 937 g/mol. The number of nitrogens with zero attached hydrogens (tertiary/aromatic N) is 4. The molecular weight excluding hydrogens is 861 g/mol. The fraction of sp³-hybridized carbons (Fsp3) is 0.640. The summed E-state index contributed by atoms with van der Waals surface area (Å²) >= 11 is 0. The molecule has 0 radical (unpaired) electrons. The lowest BCUT2D eigenvalue weighted by molar-refractivity contribution is -0.149. The van der Waals surface area contributed by atoms with Gasteiger partial charge in [0.25, 0.3) is 11.8 Å². The van der Waals surface area contributed by atoms with Gasteiger partial charge >= 0.3 is 5.97 Å². The highest BCUT2D eigenvalue weighted by Crippen LogP contribution is 2.31. The molecule has 3 N–H and O–H groups in total. The second-order valence-electron chi connectivity index (χ2n) is 18.8. The number of hydrogen-bond acceptors (Lipinski definition) is 10.